The van der Waals surface area contributed by atoms with Crippen molar-refractivity contribution in [3.05, 3.63) is 107 Å². The third-order valence-corrected chi connectivity index (χ3v) is 7.86. The summed E-state index contributed by atoms with van der Waals surface area (Å²) in [4.78, 5) is 4.70. The normalized spacial score (nSPS) is 21.4. The molecule has 1 saturated heterocycles. The number of rotatable bonds is 2. The minimum atomic E-state index is -1.55. The summed E-state index contributed by atoms with van der Waals surface area (Å²) >= 11 is 20.6. The van der Waals surface area contributed by atoms with Crippen molar-refractivity contribution >= 4 is 57.0 Å². The van der Waals surface area contributed by atoms with Gasteiger partial charge in [-0.2, -0.15) is 0 Å². The first-order valence-electron chi connectivity index (χ1n) is 11.5. The van der Waals surface area contributed by atoms with E-state index in [4.69, 9.17) is 34.8 Å². The Morgan fingerprint density at radius 1 is 0.676 bits per heavy atom. The second-order valence-corrected chi connectivity index (χ2v) is 11.9. The fraction of sp³-hybridized carbons (Fsp3) is 0.241. The summed E-state index contributed by atoms with van der Waals surface area (Å²) in [5, 5.41) is 2.57. The van der Waals surface area contributed by atoms with Gasteiger partial charge >= 0.3 is 0 Å². The van der Waals surface area contributed by atoms with Gasteiger partial charge in [-0.05, 0) is 65.9 Å². The number of halogens is 3. The third-order valence-electron chi connectivity index (χ3n) is 7.27. The lowest BCUT2D eigenvalue weighted by Gasteiger charge is -2.40. The van der Waals surface area contributed by atoms with E-state index in [0.717, 1.165) is 11.4 Å². The average Bonchev–Trinajstić information content (AvgIpc) is 3.30. The van der Waals surface area contributed by atoms with Crippen LogP contribution in [0.15, 0.2) is 78.9 Å². The Morgan fingerprint density at radius 2 is 1.24 bits per heavy atom. The molecule has 0 saturated carbocycles. The minimum absolute atomic E-state index is 0.0158. The summed E-state index contributed by atoms with van der Waals surface area (Å²) in [6.45, 7) is 6.45. The van der Waals surface area contributed by atoms with Gasteiger partial charge in [0, 0.05) is 11.4 Å². The second-order valence-electron chi connectivity index (χ2n) is 9.49. The van der Waals surface area contributed by atoms with Crippen LogP contribution in [0.3, 0.4) is 0 Å². The largest absolute Gasteiger partial charge is 0.338 e. The number of hydrogen-bond donors (Lipinski definition) is 0. The predicted octanol–water partition coefficient (Wildman–Crippen LogP) is 8.58. The predicted molar refractivity (Wildman–Crippen MR) is 146 cm³/mol. The molecule has 172 valence electrons. The van der Waals surface area contributed by atoms with Gasteiger partial charge in [0.05, 0.1) is 12.1 Å². The molecule has 0 amide bonds. The molecule has 0 aromatic heterocycles. The number of nitrogens with zero attached hydrogens (tertiary/aromatic N) is 2. The standard InChI is InChI=1S/C29H25Cl3N2/c1-17-15-18(2)25(19(3)16-17)34-27-23-14-8-10-20-9-7-13-22(24(20)23)26(27)33(28(34)29(30,31)32)21-11-5-4-6-12-21/h4-16,26-28H,1-3H3. The molecule has 4 aromatic carbocycles. The van der Waals surface area contributed by atoms with E-state index in [2.05, 4.69) is 91.2 Å². The van der Waals surface area contributed by atoms with E-state index in [-0.39, 0.29) is 12.1 Å². The number of alkyl halides is 3. The zero-order chi connectivity index (χ0) is 23.8. The Balaban J connectivity index is 1.70. The van der Waals surface area contributed by atoms with Crippen LogP contribution in [0.2, 0.25) is 0 Å². The van der Waals surface area contributed by atoms with E-state index in [1.165, 1.54) is 38.6 Å². The van der Waals surface area contributed by atoms with Crippen LogP contribution in [-0.4, -0.2) is 9.96 Å². The summed E-state index contributed by atoms with van der Waals surface area (Å²) in [5.41, 5.74) is 8.36. The molecule has 34 heavy (non-hydrogen) atoms. The van der Waals surface area contributed by atoms with Crippen LogP contribution in [0.5, 0.6) is 0 Å². The highest BCUT2D eigenvalue weighted by Gasteiger charge is 2.58. The SMILES string of the molecule is Cc1cc(C)c(N2C3c4cccc5cccc(c45)C3N(c3ccccc3)C2C(Cl)(Cl)Cl)c(C)c1. The van der Waals surface area contributed by atoms with Crippen molar-refractivity contribution in [2.75, 3.05) is 9.80 Å². The van der Waals surface area contributed by atoms with Crippen LogP contribution in [-0.2, 0) is 0 Å². The number of benzene rings is 4. The quantitative estimate of drug-likeness (QED) is 0.251. The van der Waals surface area contributed by atoms with Crippen LogP contribution in [0.25, 0.3) is 10.8 Å². The molecular formula is C29H25Cl3N2. The minimum Gasteiger partial charge on any atom is -0.338 e. The van der Waals surface area contributed by atoms with Crippen LogP contribution >= 0.6 is 34.8 Å². The maximum atomic E-state index is 6.85. The smallest absolute Gasteiger partial charge is 0.228 e. The van der Waals surface area contributed by atoms with Crippen LogP contribution in [0.1, 0.15) is 39.9 Å². The Labute approximate surface area is 215 Å². The summed E-state index contributed by atoms with van der Waals surface area (Å²) in [7, 11) is 0. The molecule has 1 heterocycles. The highest BCUT2D eigenvalue weighted by atomic mass is 35.6. The highest BCUT2D eigenvalue weighted by Crippen LogP contribution is 2.61. The summed E-state index contributed by atoms with van der Waals surface area (Å²) in [5.74, 6) is 0. The molecule has 2 nitrogen and oxygen atoms in total. The topological polar surface area (TPSA) is 6.48 Å². The van der Waals surface area contributed by atoms with Gasteiger partial charge in [-0.15, -0.1) is 0 Å². The van der Waals surface area contributed by atoms with Gasteiger partial charge in [-0.25, -0.2) is 0 Å². The summed E-state index contributed by atoms with van der Waals surface area (Å²) in [6, 6.07) is 28.0. The van der Waals surface area contributed by atoms with Crippen molar-refractivity contribution in [2.45, 2.75) is 42.8 Å². The monoisotopic (exact) mass is 506 g/mol. The Bertz CT molecular complexity index is 1380. The maximum absolute atomic E-state index is 6.85. The molecule has 0 bridgehead atoms. The van der Waals surface area contributed by atoms with E-state index < -0.39 is 9.96 Å². The lowest BCUT2D eigenvalue weighted by molar-refractivity contribution is 0.646. The van der Waals surface area contributed by atoms with Gasteiger partial charge in [0.15, 0.2) is 6.17 Å². The molecule has 2 aliphatic rings. The molecule has 1 fully saturated rings. The van der Waals surface area contributed by atoms with Crippen molar-refractivity contribution in [1.29, 1.82) is 0 Å². The molecule has 0 N–H and O–H groups in total. The van der Waals surface area contributed by atoms with Crippen LogP contribution in [0, 0.1) is 20.8 Å². The van der Waals surface area contributed by atoms with Gasteiger partial charge in [0.2, 0.25) is 3.79 Å². The number of para-hydroxylation sites is 1. The lowest BCUT2D eigenvalue weighted by Crippen LogP contribution is -2.49. The molecule has 0 spiro atoms. The first kappa shape index (κ1) is 22.1. The number of anilines is 2. The Hall–Kier alpha value is -2.39. The molecule has 6 rings (SSSR count). The number of fused-ring (bicyclic) bond motifs is 3. The van der Waals surface area contributed by atoms with E-state index in [0.29, 0.717) is 0 Å². The molecule has 3 atom stereocenters. The number of hydrogen-bond acceptors (Lipinski definition) is 2. The fourth-order valence-electron chi connectivity index (χ4n) is 6.33. The molecule has 0 radical (unpaired) electrons. The molecule has 3 unspecified atom stereocenters. The first-order chi connectivity index (χ1) is 16.3. The second kappa shape index (κ2) is 7.81. The molecule has 1 aliphatic carbocycles. The van der Waals surface area contributed by atoms with Crippen LogP contribution < -0.4 is 9.80 Å². The number of aryl methyl sites for hydroxylation is 3. The van der Waals surface area contributed by atoms with E-state index in [1.807, 2.05) is 18.2 Å². The van der Waals surface area contributed by atoms with E-state index in [9.17, 15) is 0 Å². The average molecular weight is 508 g/mol. The van der Waals surface area contributed by atoms with Gasteiger partial charge in [-0.1, -0.05) is 107 Å². The van der Waals surface area contributed by atoms with Gasteiger partial charge in [0.25, 0.3) is 0 Å². The zero-order valence-electron chi connectivity index (χ0n) is 19.3. The molecule has 1 aliphatic heterocycles. The van der Waals surface area contributed by atoms with Crippen molar-refractivity contribution < 1.29 is 0 Å². The zero-order valence-corrected chi connectivity index (χ0v) is 21.5. The van der Waals surface area contributed by atoms with Gasteiger partial charge in [-0.3, -0.25) is 0 Å². The van der Waals surface area contributed by atoms with Gasteiger partial charge in [0.1, 0.15) is 0 Å². The van der Waals surface area contributed by atoms with E-state index >= 15 is 0 Å². The highest BCUT2D eigenvalue weighted by molar-refractivity contribution is 6.68. The summed E-state index contributed by atoms with van der Waals surface area (Å²) < 4.78 is -1.55. The van der Waals surface area contributed by atoms with Crippen molar-refractivity contribution in [3.8, 4) is 0 Å². The van der Waals surface area contributed by atoms with Crippen molar-refractivity contribution in [1.82, 2.24) is 0 Å². The van der Waals surface area contributed by atoms with Crippen molar-refractivity contribution in [3.63, 3.8) is 0 Å². The fourth-order valence-corrected chi connectivity index (χ4v) is 6.96. The van der Waals surface area contributed by atoms with Gasteiger partial charge < -0.3 is 9.80 Å². The Morgan fingerprint density at radius 3 is 1.79 bits per heavy atom. The first-order valence-corrected chi connectivity index (χ1v) is 12.7. The lowest BCUT2D eigenvalue weighted by atomic mass is 9.99. The van der Waals surface area contributed by atoms with Crippen molar-refractivity contribution in [2.24, 2.45) is 0 Å². The third kappa shape index (κ3) is 3.16. The molecular weight excluding hydrogens is 483 g/mol. The Kier molecular flexibility index (Phi) is 5.08. The molecule has 5 heteroatoms. The maximum Gasteiger partial charge on any atom is 0.228 e. The van der Waals surface area contributed by atoms with Crippen LogP contribution in [0.4, 0.5) is 11.4 Å². The van der Waals surface area contributed by atoms with E-state index in [1.54, 1.807) is 0 Å². The molecule has 4 aromatic rings. The summed E-state index contributed by atoms with van der Waals surface area (Å²) in [6.07, 6.45) is -0.487.